The van der Waals surface area contributed by atoms with Crippen LogP contribution in [0.15, 0.2) is 79.9 Å². The van der Waals surface area contributed by atoms with Gasteiger partial charge in [-0.2, -0.15) is 0 Å². The molecular weight excluding hydrogens is 490 g/mol. The average Bonchev–Trinajstić information content (AvgIpc) is 2.96. The quantitative estimate of drug-likeness (QED) is 0.0990. The van der Waals surface area contributed by atoms with Gasteiger partial charge in [-0.25, -0.2) is 9.59 Å². The molecule has 4 rings (SSSR count). The molecule has 0 saturated carbocycles. The van der Waals surface area contributed by atoms with Crippen molar-refractivity contribution in [3.05, 3.63) is 85.5 Å². The van der Waals surface area contributed by atoms with Crippen molar-refractivity contribution in [1.82, 2.24) is 26.6 Å². The molecule has 0 aliphatic carbocycles. The van der Waals surface area contributed by atoms with Crippen LogP contribution >= 0.6 is 0 Å². The van der Waals surface area contributed by atoms with Crippen molar-refractivity contribution in [2.24, 2.45) is 0 Å². The highest BCUT2D eigenvalue weighted by molar-refractivity contribution is 6.23. The maximum atomic E-state index is 13.2. The van der Waals surface area contributed by atoms with Crippen molar-refractivity contribution in [2.45, 2.75) is 31.8 Å². The molecule has 0 spiro atoms. The lowest BCUT2D eigenvalue weighted by molar-refractivity contribution is -0.123. The number of amides is 5. The molecule has 0 saturated heterocycles. The molecule has 8 heteroatoms. The van der Waals surface area contributed by atoms with Crippen LogP contribution in [0.2, 0.25) is 0 Å². The first-order valence-electron chi connectivity index (χ1n) is 13.2. The van der Waals surface area contributed by atoms with E-state index in [4.69, 9.17) is 0 Å². The topological polar surface area (TPSA) is 111 Å². The summed E-state index contributed by atoms with van der Waals surface area (Å²) in [4.78, 5) is 37.2. The van der Waals surface area contributed by atoms with Crippen molar-refractivity contribution in [1.29, 1.82) is 0 Å². The molecular formula is C31H35N5O3. The van der Waals surface area contributed by atoms with Gasteiger partial charge in [-0.3, -0.25) is 4.79 Å². The third-order valence-electron chi connectivity index (χ3n) is 6.71. The summed E-state index contributed by atoms with van der Waals surface area (Å²) >= 11 is 0. The van der Waals surface area contributed by atoms with Gasteiger partial charge in [0.15, 0.2) is 0 Å². The first-order valence-corrected chi connectivity index (χ1v) is 13.2. The fraction of sp³-hybridized carbons (Fsp3) is 0.258. The van der Waals surface area contributed by atoms with Gasteiger partial charge in [-0.1, -0.05) is 66.7 Å². The van der Waals surface area contributed by atoms with Gasteiger partial charge in [0.1, 0.15) is 6.04 Å². The van der Waals surface area contributed by atoms with Crippen molar-refractivity contribution >= 4 is 50.3 Å². The summed E-state index contributed by atoms with van der Waals surface area (Å²) in [5, 5.41) is 20.9. The molecule has 5 amide bonds. The van der Waals surface area contributed by atoms with Crippen LogP contribution < -0.4 is 26.6 Å². The molecule has 1 atom stereocenters. The molecule has 5 N–H and O–H groups in total. The number of rotatable bonds is 13. The van der Waals surface area contributed by atoms with Crippen LogP contribution in [0.4, 0.5) is 9.59 Å². The van der Waals surface area contributed by atoms with E-state index in [1.807, 2.05) is 6.07 Å². The van der Waals surface area contributed by atoms with Gasteiger partial charge in [-0.05, 0) is 57.1 Å². The summed E-state index contributed by atoms with van der Waals surface area (Å²) in [6.45, 7) is 8.65. The van der Waals surface area contributed by atoms with Gasteiger partial charge in [0, 0.05) is 26.2 Å². The molecule has 202 valence electrons. The number of carbonyl (C=O) groups excluding carboxylic acids is 3. The zero-order chi connectivity index (χ0) is 27.6. The van der Waals surface area contributed by atoms with Crippen LogP contribution in [-0.2, 0) is 11.3 Å². The number of urea groups is 2. The Morgan fingerprint density at radius 1 is 0.718 bits per heavy atom. The third-order valence-corrected chi connectivity index (χ3v) is 6.71. The Bertz CT molecular complexity index is 1470. The SMILES string of the molecule is C=CCNC(=O)NCCCC[C@H](NC(=O)NCC=C)C(=O)NCc1ccc2ccc3cccc4ccc1c2c34. The molecule has 0 heterocycles. The Balaban J connectivity index is 1.42. The molecule has 0 unspecified atom stereocenters. The number of nitrogens with one attached hydrogen (secondary N) is 5. The zero-order valence-corrected chi connectivity index (χ0v) is 22.0. The summed E-state index contributed by atoms with van der Waals surface area (Å²) in [7, 11) is 0. The molecule has 4 aromatic rings. The fourth-order valence-electron chi connectivity index (χ4n) is 4.80. The number of unbranched alkanes of at least 4 members (excludes halogenated alkanes) is 1. The largest absolute Gasteiger partial charge is 0.350 e. The van der Waals surface area contributed by atoms with Crippen molar-refractivity contribution in [3.8, 4) is 0 Å². The Morgan fingerprint density at radius 3 is 2.08 bits per heavy atom. The third kappa shape index (κ3) is 6.84. The molecule has 0 radical (unpaired) electrons. The predicted molar refractivity (Wildman–Crippen MR) is 158 cm³/mol. The van der Waals surface area contributed by atoms with Gasteiger partial charge < -0.3 is 26.6 Å². The van der Waals surface area contributed by atoms with E-state index in [1.54, 1.807) is 12.2 Å². The van der Waals surface area contributed by atoms with Crippen LogP contribution in [0.1, 0.15) is 24.8 Å². The second kappa shape index (κ2) is 13.3. The predicted octanol–water partition coefficient (Wildman–Crippen LogP) is 4.71. The van der Waals surface area contributed by atoms with E-state index in [0.29, 0.717) is 45.4 Å². The molecule has 8 nitrogen and oxygen atoms in total. The molecule has 4 aromatic carbocycles. The highest BCUT2D eigenvalue weighted by Gasteiger charge is 2.21. The van der Waals surface area contributed by atoms with E-state index in [-0.39, 0.29) is 11.9 Å². The number of benzene rings is 4. The Hall–Kier alpha value is -4.59. The van der Waals surface area contributed by atoms with Gasteiger partial charge in [0.05, 0.1) is 0 Å². The maximum Gasteiger partial charge on any atom is 0.315 e. The molecule has 39 heavy (non-hydrogen) atoms. The summed E-state index contributed by atoms with van der Waals surface area (Å²) in [6.07, 6.45) is 4.92. The van der Waals surface area contributed by atoms with Crippen LogP contribution in [0, 0.1) is 0 Å². The summed E-state index contributed by atoms with van der Waals surface area (Å²) in [5.74, 6) is -0.258. The maximum absolute atomic E-state index is 13.2. The monoisotopic (exact) mass is 525 g/mol. The molecule has 0 aliphatic heterocycles. The van der Waals surface area contributed by atoms with E-state index in [9.17, 15) is 14.4 Å². The van der Waals surface area contributed by atoms with Crippen LogP contribution in [0.5, 0.6) is 0 Å². The first-order chi connectivity index (χ1) is 19.0. The van der Waals surface area contributed by atoms with E-state index in [2.05, 4.69) is 88.3 Å². The van der Waals surface area contributed by atoms with Crippen molar-refractivity contribution < 1.29 is 14.4 Å². The van der Waals surface area contributed by atoms with Gasteiger partial charge in [-0.15, -0.1) is 13.2 Å². The van der Waals surface area contributed by atoms with Crippen molar-refractivity contribution in [2.75, 3.05) is 19.6 Å². The normalized spacial score (nSPS) is 11.7. The molecule has 0 fully saturated rings. The van der Waals surface area contributed by atoms with Crippen LogP contribution in [0.3, 0.4) is 0 Å². The standard InChI is InChI=1S/C31H35N5O3/c1-3-17-32-30(38)34-19-6-5-10-26(36-31(39)33-18-4-2)29(37)35-20-24-14-13-23-12-11-21-8-7-9-22-15-16-25(24)28(23)27(21)22/h3-4,7-9,11-16,26H,1-2,5-6,10,17-20H2,(H,35,37)(H2,32,34,38)(H2,33,36,39)/t26-/m0/s1. The van der Waals surface area contributed by atoms with E-state index < -0.39 is 12.1 Å². The minimum absolute atomic E-state index is 0.258. The van der Waals surface area contributed by atoms with Crippen LogP contribution in [0.25, 0.3) is 32.3 Å². The first kappa shape index (κ1) is 27.4. The lowest BCUT2D eigenvalue weighted by Crippen LogP contribution is -2.50. The average molecular weight is 526 g/mol. The minimum atomic E-state index is -0.718. The highest BCUT2D eigenvalue weighted by atomic mass is 16.2. The second-order valence-corrected chi connectivity index (χ2v) is 9.42. The zero-order valence-electron chi connectivity index (χ0n) is 22.0. The molecule has 0 bridgehead atoms. The number of hydrogen-bond acceptors (Lipinski definition) is 3. The van der Waals surface area contributed by atoms with Gasteiger partial charge in [0.2, 0.25) is 5.91 Å². The number of hydrogen-bond donors (Lipinski definition) is 5. The summed E-state index contributed by atoms with van der Waals surface area (Å²) in [5.41, 5.74) is 1.01. The van der Waals surface area contributed by atoms with Gasteiger partial charge >= 0.3 is 12.1 Å². The Kier molecular flexibility index (Phi) is 9.34. The fourth-order valence-corrected chi connectivity index (χ4v) is 4.80. The lowest BCUT2D eigenvalue weighted by Gasteiger charge is -2.20. The second-order valence-electron chi connectivity index (χ2n) is 9.42. The molecule has 0 aromatic heterocycles. The summed E-state index contributed by atoms with van der Waals surface area (Å²) < 4.78 is 0. The lowest BCUT2D eigenvalue weighted by atomic mass is 9.92. The van der Waals surface area contributed by atoms with E-state index in [0.717, 1.165) is 16.3 Å². The van der Waals surface area contributed by atoms with E-state index in [1.165, 1.54) is 21.5 Å². The Morgan fingerprint density at radius 2 is 1.36 bits per heavy atom. The number of carbonyl (C=O) groups is 3. The summed E-state index contributed by atoms with van der Waals surface area (Å²) in [6, 6.07) is 17.5. The van der Waals surface area contributed by atoms with Gasteiger partial charge in [0.25, 0.3) is 0 Å². The smallest absolute Gasteiger partial charge is 0.315 e. The van der Waals surface area contributed by atoms with E-state index >= 15 is 0 Å². The van der Waals surface area contributed by atoms with Crippen molar-refractivity contribution in [3.63, 3.8) is 0 Å². The Labute approximate surface area is 228 Å². The minimum Gasteiger partial charge on any atom is -0.350 e. The van der Waals surface area contributed by atoms with Crippen LogP contribution in [-0.4, -0.2) is 43.6 Å². The molecule has 0 aliphatic rings. The highest BCUT2D eigenvalue weighted by Crippen LogP contribution is 2.35.